The number of nitrogens with zero attached hydrogens (tertiary/aromatic N) is 4. The molecule has 1 aromatic heterocycles. The number of nitrogens with one attached hydrogen (secondary N) is 1. The van der Waals surface area contributed by atoms with Gasteiger partial charge < -0.3 is 5.32 Å². The van der Waals surface area contributed by atoms with E-state index in [0.29, 0.717) is 5.56 Å². The highest BCUT2D eigenvalue weighted by atomic mass is 19.4. The van der Waals surface area contributed by atoms with E-state index in [9.17, 15) is 22.4 Å². The van der Waals surface area contributed by atoms with Crippen LogP contribution in [0.25, 0.3) is 11.4 Å². The maximum atomic E-state index is 12.9. The van der Waals surface area contributed by atoms with Crippen LogP contribution in [0.4, 0.5) is 23.2 Å². The van der Waals surface area contributed by atoms with Gasteiger partial charge in [-0.15, -0.1) is 10.2 Å². The maximum absolute atomic E-state index is 12.9. The molecule has 6 nitrogen and oxygen atoms in total. The first-order valence-corrected chi connectivity index (χ1v) is 7.33. The summed E-state index contributed by atoms with van der Waals surface area (Å²) in [4.78, 5) is 12.9. The van der Waals surface area contributed by atoms with Crippen molar-refractivity contribution in [1.82, 2.24) is 20.2 Å². The Hall–Kier alpha value is -3.30. The first-order valence-electron chi connectivity index (χ1n) is 7.33. The number of carbonyl (C=O) groups excluding carboxylic acids is 1. The lowest BCUT2D eigenvalue weighted by Crippen LogP contribution is -2.22. The summed E-state index contributed by atoms with van der Waals surface area (Å²) >= 11 is 0. The van der Waals surface area contributed by atoms with Crippen molar-refractivity contribution < 1.29 is 22.4 Å². The van der Waals surface area contributed by atoms with Crippen molar-refractivity contribution in [3.05, 3.63) is 59.9 Å². The summed E-state index contributed by atoms with van der Waals surface area (Å²) in [5.41, 5.74) is -0.823. The first kappa shape index (κ1) is 17.5. The van der Waals surface area contributed by atoms with E-state index >= 15 is 0 Å². The van der Waals surface area contributed by atoms with E-state index in [0.717, 1.165) is 16.9 Å². The minimum atomic E-state index is -4.59. The number of aromatic nitrogens is 4. The molecule has 0 unspecified atom stereocenters. The van der Waals surface area contributed by atoms with Crippen molar-refractivity contribution in [2.24, 2.45) is 0 Å². The van der Waals surface area contributed by atoms with Crippen LogP contribution in [-0.4, -0.2) is 26.1 Å². The third-order valence-corrected chi connectivity index (χ3v) is 3.35. The molecule has 26 heavy (non-hydrogen) atoms. The Balaban J connectivity index is 1.71. The molecule has 10 heteroatoms. The van der Waals surface area contributed by atoms with Gasteiger partial charge in [0.1, 0.15) is 12.4 Å². The lowest BCUT2D eigenvalue weighted by atomic mass is 10.1. The number of benzene rings is 2. The Morgan fingerprint density at radius 3 is 2.46 bits per heavy atom. The zero-order valence-electron chi connectivity index (χ0n) is 13.0. The number of hydrogen-bond acceptors (Lipinski definition) is 4. The second kappa shape index (κ2) is 6.90. The summed E-state index contributed by atoms with van der Waals surface area (Å²) in [7, 11) is 0. The van der Waals surface area contributed by atoms with Crippen LogP contribution in [-0.2, 0) is 17.5 Å². The highest BCUT2D eigenvalue weighted by molar-refractivity contribution is 5.91. The smallest absolute Gasteiger partial charge is 0.324 e. The molecule has 0 radical (unpaired) electrons. The Labute approximate surface area is 144 Å². The van der Waals surface area contributed by atoms with Crippen molar-refractivity contribution in [2.45, 2.75) is 12.7 Å². The molecular formula is C16H11F4N5O. The Morgan fingerprint density at radius 1 is 1.08 bits per heavy atom. The van der Waals surface area contributed by atoms with Gasteiger partial charge in [-0.05, 0) is 41.6 Å². The van der Waals surface area contributed by atoms with Gasteiger partial charge >= 0.3 is 6.18 Å². The highest BCUT2D eigenvalue weighted by Crippen LogP contribution is 2.34. The van der Waals surface area contributed by atoms with Crippen molar-refractivity contribution in [3.8, 4) is 11.4 Å². The van der Waals surface area contributed by atoms with E-state index in [1.54, 1.807) is 0 Å². The quantitative estimate of drug-likeness (QED) is 0.721. The van der Waals surface area contributed by atoms with E-state index in [4.69, 9.17) is 0 Å². The fourth-order valence-corrected chi connectivity index (χ4v) is 2.18. The minimum absolute atomic E-state index is 0.161. The molecule has 0 bridgehead atoms. The van der Waals surface area contributed by atoms with Gasteiger partial charge in [-0.25, -0.2) is 4.39 Å². The van der Waals surface area contributed by atoms with Crippen LogP contribution in [0.1, 0.15) is 5.56 Å². The van der Waals surface area contributed by atoms with Gasteiger partial charge in [0.25, 0.3) is 0 Å². The van der Waals surface area contributed by atoms with Crippen LogP contribution in [0.3, 0.4) is 0 Å². The molecule has 0 fully saturated rings. The van der Waals surface area contributed by atoms with E-state index in [1.165, 1.54) is 36.4 Å². The summed E-state index contributed by atoms with van der Waals surface area (Å²) < 4.78 is 51.7. The lowest BCUT2D eigenvalue weighted by molar-refractivity contribution is -0.137. The minimum Gasteiger partial charge on any atom is -0.324 e. The van der Waals surface area contributed by atoms with Gasteiger partial charge in [-0.3, -0.25) is 4.79 Å². The average molecular weight is 365 g/mol. The topological polar surface area (TPSA) is 72.7 Å². The predicted octanol–water partition coefficient (Wildman–Crippen LogP) is 3.14. The third kappa shape index (κ3) is 4.02. The van der Waals surface area contributed by atoms with Gasteiger partial charge in [0.05, 0.1) is 11.3 Å². The molecule has 0 aliphatic heterocycles. The fourth-order valence-electron chi connectivity index (χ4n) is 2.18. The second-order valence-electron chi connectivity index (χ2n) is 5.24. The number of carbonyl (C=O) groups is 1. The molecular weight excluding hydrogens is 354 g/mol. The zero-order chi connectivity index (χ0) is 18.7. The number of anilines is 1. The van der Waals surface area contributed by atoms with Crippen LogP contribution in [0, 0.1) is 5.82 Å². The molecule has 0 aliphatic carbocycles. The molecule has 0 spiro atoms. The normalized spacial score (nSPS) is 11.4. The van der Waals surface area contributed by atoms with Gasteiger partial charge in [0.15, 0.2) is 0 Å². The number of amides is 1. The molecule has 3 rings (SSSR count). The number of tetrazole rings is 1. The van der Waals surface area contributed by atoms with Crippen molar-refractivity contribution in [1.29, 1.82) is 0 Å². The van der Waals surface area contributed by atoms with Gasteiger partial charge in [-0.2, -0.15) is 18.0 Å². The summed E-state index contributed by atoms with van der Waals surface area (Å²) in [6.07, 6.45) is -4.59. The molecule has 0 saturated heterocycles. The highest BCUT2D eigenvalue weighted by Gasteiger charge is 2.33. The molecule has 0 atom stereocenters. The third-order valence-electron chi connectivity index (χ3n) is 3.35. The second-order valence-corrected chi connectivity index (χ2v) is 5.24. The van der Waals surface area contributed by atoms with E-state index < -0.39 is 30.0 Å². The largest absolute Gasteiger partial charge is 0.418 e. The monoisotopic (exact) mass is 365 g/mol. The first-order chi connectivity index (χ1) is 12.3. The van der Waals surface area contributed by atoms with Crippen LogP contribution in [0.5, 0.6) is 0 Å². The number of rotatable bonds is 4. The summed E-state index contributed by atoms with van der Waals surface area (Å²) in [5, 5.41) is 13.5. The number of para-hydroxylation sites is 1. The molecule has 3 aromatic rings. The van der Waals surface area contributed by atoms with Crippen LogP contribution in [0.2, 0.25) is 0 Å². The van der Waals surface area contributed by atoms with Gasteiger partial charge in [0.2, 0.25) is 11.7 Å². The standard InChI is InChI=1S/C16H11F4N5O/c17-11-7-5-10(6-8-11)15-22-24-25(23-15)9-14(26)21-13-4-2-1-3-12(13)16(18,19)20/h1-8H,9H2,(H,21,26). The van der Waals surface area contributed by atoms with Crippen molar-refractivity contribution in [3.63, 3.8) is 0 Å². The van der Waals surface area contributed by atoms with Gasteiger partial charge in [0, 0.05) is 5.56 Å². The van der Waals surface area contributed by atoms with Crippen molar-refractivity contribution in [2.75, 3.05) is 5.32 Å². The zero-order valence-corrected chi connectivity index (χ0v) is 13.0. The molecule has 1 amide bonds. The Kier molecular flexibility index (Phi) is 4.65. The Morgan fingerprint density at radius 2 is 1.77 bits per heavy atom. The number of hydrogen-bond donors (Lipinski definition) is 1. The summed E-state index contributed by atoms with van der Waals surface area (Å²) in [6.45, 7) is -0.430. The van der Waals surface area contributed by atoms with Crippen LogP contribution >= 0.6 is 0 Å². The molecule has 1 heterocycles. The average Bonchev–Trinajstić information content (AvgIpc) is 3.03. The summed E-state index contributed by atoms with van der Waals surface area (Å²) in [6, 6.07) is 9.95. The molecule has 2 aromatic carbocycles. The van der Waals surface area contributed by atoms with E-state index in [-0.39, 0.29) is 11.5 Å². The lowest BCUT2D eigenvalue weighted by Gasteiger charge is -2.13. The summed E-state index contributed by atoms with van der Waals surface area (Å²) in [5.74, 6) is -1.01. The van der Waals surface area contributed by atoms with Crippen molar-refractivity contribution >= 4 is 11.6 Å². The van der Waals surface area contributed by atoms with E-state index in [2.05, 4.69) is 20.7 Å². The Bertz CT molecular complexity index is 921. The number of halogens is 4. The fraction of sp³-hybridized carbons (Fsp3) is 0.125. The predicted molar refractivity (Wildman–Crippen MR) is 83.3 cm³/mol. The number of alkyl halides is 3. The van der Waals surface area contributed by atoms with Gasteiger partial charge in [-0.1, -0.05) is 12.1 Å². The van der Waals surface area contributed by atoms with Crippen LogP contribution in [0.15, 0.2) is 48.5 Å². The molecule has 0 saturated carbocycles. The van der Waals surface area contributed by atoms with E-state index in [1.807, 2.05) is 0 Å². The molecule has 134 valence electrons. The van der Waals surface area contributed by atoms with Crippen LogP contribution < -0.4 is 5.32 Å². The molecule has 0 aliphatic rings. The molecule has 1 N–H and O–H groups in total. The maximum Gasteiger partial charge on any atom is 0.418 e. The SMILES string of the molecule is O=C(Cn1nnc(-c2ccc(F)cc2)n1)Nc1ccccc1C(F)(F)F.